The van der Waals surface area contributed by atoms with Crippen molar-refractivity contribution in [2.75, 3.05) is 66.5 Å². The number of rotatable bonds is 4. The van der Waals surface area contributed by atoms with Crippen LogP contribution < -0.4 is 5.32 Å². The van der Waals surface area contributed by atoms with E-state index in [-0.39, 0.29) is 0 Å². The number of piperidine rings is 1. The number of hydrogen-bond acceptors (Lipinski definition) is 4. The number of piperazine rings is 1. The van der Waals surface area contributed by atoms with E-state index in [1.807, 2.05) is 0 Å². The van der Waals surface area contributed by atoms with Crippen molar-refractivity contribution in [2.45, 2.75) is 19.4 Å². The molecule has 2 heterocycles. The third kappa shape index (κ3) is 3.67. The van der Waals surface area contributed by atoms with Gasteiger partial charge in [-0.25, -0.2) is 0 Å². The molecule has 4 nitrogen and oxygen atoms in total. The van der Waals surface area contributed by atoms with Crippen molar-refractivity contribution in [3.05, 3.63) is 0 Å². The molecule has 0 spiro atoms. The fraction of sp³-hybridized carbons (Fsp3) is 1.00. The summed E-state index contributed by atoms with van der Waals surface area (Å²) in [4.78, 5) is 7.64. The SMILES string of the molecule is CCN1CCN(CC2CCNCC2N(C)C)CC1. The highest BCUT2D eigenvalue weighted by atomic mass is 15.3. The van der Waals surface area contributed by atoms with Crippen molar-refractivity contribution in [1.82, 2.24) is 20.0 Å². The highest BCUT2D eigenvalue weighted by Gasteiger charge is 2.29. The summed E-state index contributed by atoms with van der Waals surface area (Å²) in [5.41, 5.74) is 0. The molecule has 1 N–H and O–H groups in total. The smallest absolute Gasteiger partial charge is 0.0255 e. The highest BCUT2D eigenvalue weighted by Crippen LogP contribution is 2.18. The molecule has 0 aromatic heterocycles. The maximum atomic E-state index is 3.53. The maximum Gasteiger partial charge on any atom is 0.0255 e. The topological polar surface area (TPSA) is 21.8 Å². The third-order valence-corrected chi connectivity index (χ3v) is 4.66. The van der Waals surface area contributed by atoms with Crippen molar-refractivity contribution in [1.29, 1.82) is 0 Å². The Hall–Kier alpha value is -0.160. The molecule has 2 aliphatic rings. The van der Waals surface area contributed by atoms with E-state index in [2.05, 4.69) is 41.0 Å². The van der Waals surface area contributed by atoms with Gasteiger partial charge in [0.1, 0.15) is 0 Å². The van der Waals surface area contributed by atoms with Gasteiger partial charge in [-0.15, -0.1) is 0 Å². The first-order valence-electron chi connectivity index (χ1n) is 7.52. The highest BCUT2D eigenvalue weighted by molar-refractivity contribution is 4.86. The van der Waals surface area contributed by atoms with Crippen LogP contribution in [0.2, 0.25) is 0 Å². The molecule has 0 saturated carbocycles. The van der Waals surface area contributed by atoms with E-state index in [1.54, 1.807) is 0 Å². The average Bonchev–Trinajstić information content (AvgIpc) is 2.40. The van der Waals surface area contributed by atoms with E-state index in [0.717, 1.165) is 12.5 Å². The molecular weight excluding hydrogens is 224 g/mol. The second-order valence-electron chi connectivity index (χ2n) is 6.02. The van der Waals surface area contributed by atoms with Gasteiger partial charge in [0.25, 0.3) is 0 Å². The predicted octanol–water partition coefficient (Wildman–Crippen LogP) is 0.164. The van der Waals surface area contributed by atoms with Gasteiger partial charge in [-0.05, 0) is 39.5 Å². The predicted molar refractivity (Wildman–Crippen MR) is 77.0 cm³/mol. The monoisotopic (exact) mass is 254 g/mol. The Bertz CT molecular complexity index is 236. The molecule has 0 bridgehead atoms. The summed E-state index contributed by atoms with van der Waals surface area (Å²) in [7, 11) is 4.44. The van der Waals surface area contributed by atoms with Crippen molar-refractivity contribution in [2.24, 2.45) is 5.92 Å². The van der Waals surface area contributed by atoms with Crippen molar-refractivity contribution >= 4 is 0 Å². The summed E-state index contributed by atoms with van der Waals surface area (Å²) in [5.74, 6) is 0.842. The molecule has 2 aliphatic heterocycles. The first-order valence-corrected chi connectivity index (χ1v) is 7.52. The molecule has 18 heavy (non-hydrogen) atoms. The largest absolute Gasteiger partial charge is 0.315 e. The Morgan fingerprint density at radius 3 is 2.39 bits per heavy atom. The zero-order valence-corrected chi connectivity index (χ0v) is 12.4. The summed E-state index contributed by atoms with van der Waals surface area (Å²) < 4.78 is 0. The van der Waals surface area contributed by atoms with Gasteiger partial charge in [0, 0.05) is 45.3 Å². The van der Waals surface area contributed by atoms with E-state index in [1.165, 1.54) is 52.2 Å². The van der Waals surface area contributed by atoms with Crippen molar-refractivity contribution < 1.29 is 0 Å². The summed E-state index contributed by atoms with van der Waals surface area (Å²) in [5, 5.41) is 3.53. The third-order valence-electron chi connectivity index (χ3n) is 4.66. The molecule has 0 aromatic carbocycles. The molecule has 2 unspecified atom stereocenters. The van der Waals surface area contributed by atoms with Gasteiger partial charge < -0.3 is 20.0 Å². The maximum absolute atomic E-state index is 3.53. The first-order chi connectivity index (χ1) is 8.70. The number of nitrogens with zero attached hydrogens (tertiary/aromatic N) is 3. The van der Waals surface area contributed by atoms with Gasteiger partial charge in [0.15, 0.2) is 0 Å². The van der Waals surface area contributed by atoms with Crippen LogP contribution in [-0.4, -0.2) is 87.2 Å². The van der Waals surface area contributed by atoms with E-state index in [0.29, 0.717) is 6.04 Å². The van der Waals surface area contributed by atoms with E-state index >= 15 is 0 Å². The Balaban J connectivity index is 1.80. The molecule has 0 radical (unpaired) electrons. The van der Waals surface area contributed by atoms with Crippen LogP contribution >= 0.6 is 0 Å². The minimum atomic E-state index is 0.711. The van der Waals surface area contributed by atoms with Crippen LogP contribution in [0.4, 0.5) is 0 Å². The van der Waals surface area contributed by atoms with Crippen LogP contribution in [0.3, 0.4) is 0 Å². The Morgan fingerprint density at radius 2 is 1.78 bits per heavy atom. The van der Waals surface area contributed by atoms with Crippen LogP contribution in [0.15, 0.2) is 0 Å². The Morgan fingerprint density at radius 1 is 1.11 bits per heavy atom. The standard InChI is InChI=1S/C14H30N4/c1-4-17-7-9-18(10-8-17)12-13-5-6-15-11-14(13)16(2)3/h13-15H,4-12H2,1-3H3. The zero-order chi connectivity index (χ0) is 13.0. The Labute approximate surface area is 112 Å². The van der Waals surface area contributed by atoms with Crippen LogP contribution in [0.1, 0.15) is 13.3 Å². The summed E-state index contributed by atoms with van der Waals surface area (Å²) in [6.45, 7) is 12.2. The van der Waals surface area contributed by atoms with Gasteiger partial charge >= 0.3 is 0 Å². The van der Waals surface area contributed by atoms with E-state index < -0.39 is 0 Å². The molecule has 0 aliphatic carbocycles. The minimum Gasteiger partial charge on any atom is -0.315 e. The van der Waals surface area contributed by atoms with Gasteiger partial charge in [-0.2, -0.15) is 0 Å². The van der Waals surface area contributed by atoms with Gasteiger partial charge in [-0.3, -0.25) is 0 Å². The average molecular weight is 254 g/mol. The summed E-state index contributed by atoms with van der Waals surface area (Å²) >= 11 is 0. The fourth-order valence-corrected chi connectivity index (χ4v) is 3.33. The molecule has 0 amide bonds. The number of nitrogens with one attached hydrogen (secondary N) is 1. The summed E-state index contributed by atoms with van der Waals surface area (Å²) in [6.07, 6.45) is 1.33. The van der Waals surface area contributed by atoms with Crippen molar-refractivity contribution in [3.63, 3.8) is 0 Å². The summed E-state index contributed by atoms with van der Waals surface area (Å²) in [6, 6.07) is 0.711. The fourth-order valence-electron chi connectivity index (χ4n) is 3.33. The van der Waals surface area contributed by atoms with Crippen LogP contribution in [0, 0.1) is 5.92 Å². The molecule has 0 aromatic rings. The minimum absolute atomic E-state index is 0.711. The second kappa shape index (κ2) is 6.85. The molecule has 2 atom stereocenters. The zero-order valence-electron chi connectivity index (χ0n) is 12.4. The lowest BCUT2D eigenvalue weighted by Gasteiger charge is -2.41. The van der Waals surface area contributed by atoms with Crippen LogP contribution in [0.25, 0.3) is 0 Å². The molecule has 2 saturated heterocycles. The number of hydrogen-bond donors (Lipinski definition) is 1. The lowest BCUT2D eigenvalue weighted by Crippen LogP contribution is -2.54. The first kappa shape index (κ1) is 14.3. The van der Waals surface area contributed by atoms with Crippen LogP contribution in [0.5, 0.6) is 0 Å². The van der Waals surface area contributed by atoms with Crippen molar-refractivity contribution in [3.8, 4) is 0 Å². The van der Waals surface area contributed by atoms with Gasteiger partial charge in [-0.1, -0.05) is 6.92 Å². The second-order valence-corrected chi connectivity index (χ2v) is 6.02. The van der Waals surface area contributed by atoms with Gasteiger partial charge in [0.2, 0.25) is 0 Å². The van der Waals surface area contributed by atoms with Gasteiger partial charge in [0.05, 0.1) is 0 Å². The molecule has 2 rings (SSSR count). The normalized spacial score (nSPS) is 32.0. The number of likely N-dealkylation sites (N-methyl/N-ethyl adjacent to an activating group) is 2. The molecule has 106 valence electrons. The quantitative estimate of drug-likeness (QED) is 0.772. The van der Waals surface area contributed by atoms with E-state index in [4.69, 9.17) is 0 Å². The lowest BCUT2D eigenvalue weighted by atomic mass is 9.91. The lowest BCUT2D eigenvalue weighted by molar-refractivity contribution is 0.0832. The Kier molecular flexibility index (Phi) is 5.42. The molecular formula is C14H30N4. The van der Waals surface area contributed by atoms with Crippen LogP contribution in [-0.2, 0) is 0 Å². The molecule has 2 fully saturated rings. The van der Waals surface area contributed by atoms with E-state index in [9.17, 15) is 0 Å². The molecule has 4 heteroatoms.